The van der Waals surface area contributed by atoms with Gasteiger partial charge in [-0.3, -0.25) is 0 Å². The van der Waals surface area contributed by atoms with E-state index in [9.17, 15) is 0 Å². The first-order valence-corrected chi connectivity index (χ1v) is 9.86. The third kappa shape index (κ3) is 3.19. The molecule has 3 heteroatoms. The lowest BCUT2D eigenvalue weighted by molar-refractivity contribution is 0.547. The van der Waals surface area contributed by atoms with Gasteiger partial charge in [-0.25, -0.2) is 9.97 Å². The van der Waals surface area contributed by atoms with E-state index in [4.69, 9.17) is 14.4 Å². The van der Waals surface area contributed by atoms with E-state index in [1.54, 1.807) is 0 Å². The predicted molar refractivity (Wildman–Crippen MR) is 119 cm³/mol. The lowest BCUT2D eigenvalue weighted by Crippen LogP contribution is -2.16. The number of hydrogen-bond donors (Lipinski definition) is 0. The normalized spacial score (nSPS) is 12.0. The Labute approximate surface area is 170 Å². The molecule has 0 N–H and O–H groups in total. The molecule has 3 aromatic carbocycles. The van der Waals surface area contributed by atoms with Crippen LogP contribution in [0.25, 0.3) is 44.5 Å². The fourth-order valence-electron chi connectivity index (χ4n) is 3.57. The average molecular weight is 378 g/mol. The van der Waals surface area contributed by atoms with Crippen molar-refractivity contribution in [2.75, 3.05) is 0 Å². The van der Waals surface area contributed by atoms with Crippen molar-refractivity contribution in [2.45, 2.75) is 26.2 Å². The van der Waals surface area contributed by atoms with Crippen LogP contribution < -0.4 is 0 Å². The molecule has 3 nitrogen and oxygen atoms in total. The molecule has 5 rings (SSSR count). The van der Waals surface area contributed by atoms with E-state index in [2.05, 4.69) is 63.2 Å². The van der Waals surface area contributed by atoms with Crippen LogP contribution in [0.5, 0.6) is 0 Å². The fourth-order valence-corrected chi connectivity index (χ4v) is 3.57. The van der Waals surface area contributed by atoms with Gasteiger partial charge in [-0.15, -0.1) is 0 Å². The van der Waals surface area contributed by atoms with E-state index in [1.165, 1.54) is 0 Å². The van der Waals surface area contributed by atoms with Crippen molar-refractivity contribution in [3.63, 3.8) is 0 Å². The van der Waals surface area contributed by atoms with Gasteiger partial charge in [-0.1, -0.05) is 75.4 Å². The molecule has 0 aliphatic heterocycles. The van der Waals surface area contributed by atoms with Gasteiger partial charge in [0.15, 0.2) is 0 Å². The Bertz CT molecular complexity index is 1330. The van der Waals surface area contributed by atoms with Crippen LogP contribution in [0.3, 0.4) is 0 Å². The molecule has 0 saturated carbocycles. The van der Waals surface area contributed by atoms with Crippen molar-refractivity contribution < 1.29 is 4.42 Å². The molecule has 0 bridgehead atoms. The Balaban J connectivity index is 1.71. The van der Waals surface area contributed by atoms with Crippen LogP contribution in [0.4, 0.5) is 0 Å². The summed E-state index contributed by atoms with van der Waals surface area (Å²) in [5, 5.41) is 2.26. The number of benzene rings is 3. The predicted octanol–water partition coefficient (Wildman–Crippen LogP) is 7.01. The number of fused-ring (bicyclic) bond motifs is 3. The monoisotopic (exact) mass is 378 g/mol. The van der Waals surface area contributed by atoms with Gasteiger partial charge in [0.05, 0.1) is 11.4 Å². The molecule has 29 heavy (non-hydrogen) atoms. The van der Waals surface area contributed by atoms with Crippen LogP contribution >= 0.6 is 0 Å². The summed E-state index contributed by atoms with van der Waals surface area (Å²) in [4.78, 5) is 9.77. The second-order valence-electron chi connectivity index (χ2n) is 8.39. The molecule has 0 radical (unpaired) electrons. The molecule has 2 aromatic heterocycles. The molecule has 5 aromatic rings. The second kappa shape index (κ2) is 6.56. The molecule has 0 fully saturated rings. The van der Waals surface area contributed by atoms with Gasteiger partial charge in [-0.05, 0) is 24.3 Å². The maximum absolute atomic E-state index is 6.08. The topological polar surface area (TPSA) is 38.9 Å². The minimum absolute atomic E-state index is 0.150. The van der Waals surface area contributed by atoms with E-state index >= 15 is 0 Å². The van der Waals surface area contributed by atoms with E-state index in [0.717, 1.165) is 50.3 Å². The van der Waals surface area contributed by atoms with E-state index in [1.807, 2.05) is 36.4 Å². The van der Waals surface area contributed by atoms with E-state index < -0.39 is 0 Å². The summed E-state index contributed by atoms with van der Waals surface area (Å²) in [5.74, 6) is 0.832. The van der Waals surface area contributed by atoms with Gasteiger partial charge < -0.3 is 4.42 Å². The van der Waals surface area contributed by atoms with Gasteiger partial charge in [0, 0.05) is 27.3 Å². The van der Waals surface area contributed by atoms with E-state index in [0.29, 0.717) is 0 Å². The molecule has 0 spiro atoms. The quantitative estimate of drug-likeness (QED) is 0.332. The van der Waals surface area contributed by atoms with Gasteiger partial charge in [0.1, 0.15) is 17.0 Å². The van der Waals surface area contributed by atoms with Crippen LogP contribution in [0, 0.1) is 0 Å². The van der Waals surface area contributed by atoms with Crippen molar-refractivity contribution in [3.05, 3.63) is 84.7 Å². The highest BCUT2D eigenvalue weighted by Gasteiger charge is 2.20. The lowest BCUT2D eigenvalue weighted by atomic mass is 9.94. The van der Waals surface area contributed by atoms with Crippen molar-refractivity contribution in [1.29, 1.82) is 0 Å². The van der Waals surface area contributed by atoms with Crippen molar-refractivity contribution >= 4 is 21.9 Å². The molecule has 0 aliphatic carbocycles. The zero-order valence-electron chi connectivity index (χ0n) is 16.8. The number of rotatable bonds is 2. The molecular formula is C26H22N2O. The van der Waals surface area contributed by atoms with Crippen molar-refractivity contribution in [3.8, 4) is 22.5 Å². The number of hydrogen-bond acceptors (Lipinski definition) is 3. The molecular weight excluding hydrogens is 356 g/mol. The Morgan fingerprint density at radius 3 is 2.03 bits per heavy atom. The second-order valence-corrected chi connectivity index (χ2v) is 8.39. The van der Waals surface area contributed by atoms with Crippen LogP contribution in [-0.4, -0.2) is 9.97 Å². The largest absolute Gasteiger partial charge is 0.456 e. The number of furan rings is 1. The third-order valence-corrected chi connectivity index (χ3v) is 5.14. The minimum atomic E-state index is -0.150. The van der Waals surface area contributed by atoms with E-state index in [-0.39, 0.29) is 5.41 Å². The summed E-state index contributed by atoms with van der Waals surface area (Å²) in [6.07, 6.45) is 0. The fraction of sp³-hybridized carbons (Fsp3) is 0.154. The molecule has 0 atom stereocenters. The van der Waals surface area contributed by atoms with Crippen LogP contribution in [0.15, 0.2) is 83.3 Å². The number of nitrogens with zero attached hydrogens (tertiary/aromatic N) is 2. The van der Waals surface area contributed by atoms with Gasteiger partial charge >= 0.3 is 0 Å². The maximum Gasteiger partial charge on any atom is 0.136 e. The lowest BCUT2D eigenvalue weighted by Gasteiger charge is -2.19. The number of aromatic nitrogens is 2. The Hall–Kier alpha value is -3.46. The summed E-state index contributed by atoms with van der Waals surface area (Å²) in [6, 6.07) is 26.8. The van der Waals surface area contributed by atoms with Crippen LogP contribution in [0.2, 0.25) is 0 Å². The summed E-state index contributed by atoms with van der Waals surface area (Å²) < 4.78 is 6.08. The summed E-state index contributed by atoms with van der Waals surface area (Å²) in [7, 11) is 0. The summed E-state index contributed by atoms with van der Waals surface area (Å²) in [6.45, 7) is 6.43. The van der Waals surface area contributed by atoms with Gasteiger partial charge in [0.2, 0.25) is 0 Å². The zero-order chi connectivity index (χ0) is 20.0. The summed E-state index contributed by atoms with van der Waals surface area (Å²) in [5.41, 5.74) is 5.59. The Morgan fingerprint density at radius 1 is 0.621 bits per heavy atom. The third-order valence-electron chi connectivity index (χ3n) is 5.14. The smallest absolute Gasteiger partial charge is 0.136 e. The molecule has 0 unspecified atom stereocenters. The van der Waals surface area contributed by atoms with Crippen molar-refractivity contribution in [1.82, 2.24) is 9.97 Å². The molecule has 0 amide bonds. The zero-order valence-corrected chi connectivity index (χ0v) is 16.8. The first kappa shape index (κ1) is 17.6. The highest BCUT2D eigenvalue weighted by atomic mass is 16.3. The molecule has 2 heterocycles. The minimum Gasteiger partial charge on any atom is -0.456 e. The molecule has 0 saturated heterocycles. The van der Waals surface area contributed by atoms with Crippen molar-refractivity contribution in [2.24, 2.45) is 0 Å². The highest BCUT2D eigenvalue weighted by molar-refractivity contribution is 6.05. The SMILES string of the molecule is CC(C)(C)c1nc(-c2ccccc2)cc(-c2ccc3c(c2)oc2ccccc23)n1. The standard InChI is InChI=1S/C26H22N2O/c1-26(2,3)25-27-21(17-9-5-4-6-10-17)16-22(28-25)18-13-14-20-19-11-7-8-12-23(19)29-24(20)15-18/h4-16H,1-3H3. The number of para-hydroxylation sites is 1. The first-order valence-electron chi connectivity index (χ1n) is 9.86. The van der Waals surface area contributed by atoms with Gasteiger partial charge in [-0.2, -0.15) is 0 Å². The molecule has 142 valence electrons. The first-order chi connectivity index (χ1) is 14.0. The Kier molecular flexibility index (Phi) is 3.99. The summed E-state index contributed by atoms with van der Waals surface area (Å²) >= 11 is 0. The maximum atomic E-state index is 6.08. The van der Waals surface area contributed by atoms with Crippen LogP contribution in [0.1, 0.15) is 26.6 Å². The van der Waals surface area contributed by atoms with Crippen LogP contribution in [-0.2, 0) is 5.41 Å². The molecule has 0 aliphatic rings. The van der Waals surface area contributed by atoms with Gasteiger partial charge in [0.25, 0.3) is 0 Å². The Morgan fingerprint density at radius 2 is 1.28 bits per heavy atom. The highest BCUT2D eigenvalue weighted by Crippen LogP contribution is 2.33. The average Bonchev–Trinajstić information content (AvgIpc) is 3.11.